The Kier molecular flexibility index (Phi) is 3.72. The first-order chi connectivity index (χ1) is 13.4. The standard InChI is InChI=1S/C12H9N.C11H7N3/c1-3-7-11-9(5-1)10-6-2-4-8-12(10)13-11;1-2-5-9-8(4-1)13-10-6-3-7-12-11(10)14-9/h1-8,13H;1-7H. The molecule has 0 aliphatic rings. The number of benzene rings is 3. The van der Waals surface area contributed by atoms with Crippen molar-refractivity contribution in [1.82, 2.24) is 19.9 Å². The molecule has 0 atom stereocenters. The van der Waals surface area contributed by atoms with Crippen molar-refractivity contribution in [3.63, 3.8) is 0 Å². The van der Waals surface area contributed by atoms with Gasteiger partial charge in [-0.3, -0.25) is 0 Å². The van der Waals surface area contributed by atoms with Crippen LogP contribution < -0.4 is 0 Å². The van der Waals surface area contributed by atoms with Gasteiger partial charge in [0.15, 0.2) is 5.65 Å². The third-order valence-electron chi connectivity index (χ3n) is 4.53. The molecule has 0 aliphatic heterocycles. The molecule has 0 radical (unpaired) electrons. The van der Waals surface area contributed by atoms with Gasteiger partial charge in [0.25, 0.3) is 0 Å². The van der Waals surface area contributed by atoms with Crippen LogP contribution in [0.3, 0.4) is 0 Å². The molecule has 0 unspecified atom stereocenters. The highest BCUT2D eigenvalue weighted by Crippen LogP contribution is 2.24. The second-order valence-corrected chi connectivity index (χ2v) is 6.27. The molecule has 3 heterocycles. The first kappa shape index (κ1) is 15.5. The van der Waals surface area contributed by atoms with Crippen LogP contribution in [0.4, 0.5) is 0 Å². The monoisotopic (exact) mass is 348 g/mol. The molecule has 0 aliphatic carbocycles. The Balaban J connectivity index is 0.000000119. The van der Waals surface area contributed by atoms with Crippen molar-refractivity contribution in [3.8, 4) is 0 Å². The highest BCUT2D eigenvalue weighted by Gasteiger charge is 2.00. The second kappa shape index (κ2) is 6.50. The van der Waals surface area contributed by atoms with Crippen molar-refractivity contribution in [2.75, 3.05) is 0 Å². The molecule has 0 saturated heterocycles. The zero-order chi connectivity index (χ0) is 18.1. The van der Waals surface area contributed by atoms with Crippen molar-refractivity contribution in [2.45, 2.75) is 0 Å². The quantitative estimate of drug-likeness (QED) is 0.369. The van der Waals surface area contributed by atoms with Gasteiger partial charge in [0.05, 0.1) is 11.0 Å². The van der Waals surface area contributed by atoms with Gasteiger partial charge in [-0.25, -0.2) is 15.0 Å². The van der Waals surface area contributed by atoms with Gasteiger partial charge in [-0.2, -0.15) is 0 Å². The number of aromatic amines is 1. The van der Waals surface area contributed by atoms with Crippen molar-refractivity contribution in [1.29, 1.82) is 0 Å². The highest BCUT2D eigenvalue weighted by molar-refractivity contribution is 6.06. The van der Waals surface area contributed by atoms with E-state index in [1.54, 1.807) is 6.20 Å². The van der Waals surface area contributed by atoms with E-state index >= 15 is 0 Å². The molecule has 0 amide bonds. The zero-order valence-electron chi connectivity index (χ0n) is 14.5. The minimum atomic E-state index is 0.700. The summed E-state index contributed by atoms with van der Waals surface area (Å²) in [5.41, 5.74) is 5.76. The molecule has 0 spiro atoms. The fourth-order valence-electron chi connectivity index (χ4n) is 3.26. The van der Waals surface area contributed by atoms with Crippen LogP contribution in [0.2, 0.25) is 0 Å². The van der Waals surface area contributed by atoms with Crippen molar-refractivity contribution < 1.29 is 0 Å². The van der Waals surface area contributed by atoms with Crippen LogP contribution in [-0.4, -0.2) is 19.9 Å². The van der Waals surface area contributed by atoms with E-state index in [1.807, 2.05) is 36.4 Å². The largest absolute Gasteiger partial charge is 0.355 e. The summed E-state index contributed by atoms with van der Waals surface area (Å²) in [5.74, 6) is 0. The number of aromatic nitrogens is 4. The first-order valence-electron chi connectivity index (χ1n) is 8.81. The number of hydrogen-bond donors (Lipinski definition) is 1. The van der Waals surface area contributed by atoms with E-state index in [1.165, 1.54) is 21.8 Å². The average molecular weight is 348 g/mol. The number of rotatable bonds is 0. The number of nitrogens with one attached hydrogen (secondary N) is 1. The molecule has 27 heavy (non-hydrogen) atoms. The van der Waals surface area contributed by atoms with Crippen LogP contribution in [0.5, 0.6) is 0 Å². The molecule has 1 N–H and O–H groups in total. The van der Waals surface area contributed by atoms with Gasteiger partial charge in [-0.1, -0.05) is 48.5 Å². The molecule has 0 fully saturated rings. The lowest BCUT2D eigenvalue weighted by atomic mass is 10.2. The lowest BCUT2D eigenvalue weighted by Gasteiger charge is -1.98. The van der Waals surface area contributed by atoms with Gasteiger partial charge in [0, 0.05) is 28.0 Å². The van der Waals surface area contributed by atoms with Gasteiger partial charge >= 0.3 is 0 Å². The van der Waals surface area contributed by atoms with E-state index in [9.17, 15) is 0 Å². The Morgan fingerprint density at radius 2 is 1.07 bits per heavy atom. The maximum absolute atomic E-state index is 4.45. The highest BCUT2D eigenvalue weighted by atomic mass is 14.9. The summed E-state index contributed by atoms with van der Waals surface area (Å²) >= 11 is 0. The molecule has 4 heteroatoms. The molecule has 3 aromatic heterocycles. The number of H-pyrrole nitrogens is 1. The van der Waals surface area contributed by atoms with E-state index < -0.39 is 0 Å². The van der Waals surface area contributed by atoms with Gasteiger partial charge in [0.2, 0.25) is 0 Å². The van der Waals surface area contributed by atoms with E-state index in [4.69, 9.17) is 0 Å². The van der Waals surface area contributed by atoms with Gasteiger partial charge in [0.1, 0.15) is 5.52 Å². The molecule has 6 rings (SSSR count). The van der Waals surface area contributed by atoms with Crippen LogP contribution in [-0.2, 0) is 0 Å². The van der Waals surface area contributed by atoms with E-state index in [-0.39, 0.29) is 0 Å². The van der Waals surface area contributed by atoms with Gasteiger partial charge in [-0.05, 0) is 36.4 Å². The smallest absolute Gasteiger partial charge is 0.178 e. The Morgan fingerprint density at radius 3 is 1.78 bits per heavy atom. The molecule has 3 aromatic carbocycles. The predicted molar refractivity (Wildman–Crippen MR) is 111 cm³/mol. The maximum atomic E-state index is 4.45. The molecular formula is C23H16N4. The van der Waals surface area contributed by atoms with Crippen molar-refractivity contribution in [2.24, 2.45) is 0 Å². The van der Waals surface area contributed by atoms with Crippen LogP contribution in [0.15, 0.2) is 91.1 Å². The topological polar surface area (TPSA) is 54.5 Å². The third-order valence-corrected chi connectivity index (χ3v) is 4.53. The molecule has 128 valence electrons. The minimum Gasteiger partial charge on any atom is -0.355 e. The van der Waals surface area contributed by atoms with Crippen molar-refractivity contribution in [3.05, 3.63) is 91.1 Å². The van der Waals surface area contributed by atoms with Gasteiger partial charge in [-0.15, -0.1) is 0 Å². The second-order valence-electron chi connectivity index (χ2n) is 6.27. The Morgan fingerprint density at radius 1 is 0.519 bits per heavy atom. The number of fused-ring (bicyclic) bond motifs is 5. The van der Waals surface area contributed by atoms with Crippen LogP contribution in [0.1, 0.15) is 0 Å². The number of nitrogens with zero attached hydrogens (tertiary/aromatic N) is 3. The molecular weight excluding hydrogens is 332 g/mol. The minimum absolute atomic E-state index is 0.700. The molecule has 6 aromatic rings. The summed E-state index contributed by atoms with van der Waals surface area (Å²) in [6.07, 6.45) is 1.73. The van der Waals surface area contributed by atoms with E-state index in [2.05, 4.69) is 68.5 Å². The summed E-state index contributed by atoms with van der Waals surface area (Å²) in [6.45, 7) is 0. The third kappa shape index (κ3) is 2.87. The molecule has 0 bridgehead atoms. The number of hydrogen-bond acceptors (Lipinski definition) is 3. The number of pyridine rings is 1. The molecule has 0 saturated carbocycles. The summed E-state index contributed by atoms with van der Waals surface area (Å²) in [5, 5.41) is 2.61. The SMILES string of the molecule is c1ccc2c(c1)[nH]c1ccccc12.c1ccc2nc3ncccc3nc2c1. The summed E-state index contributed by atoms with van der Waals surface area (Å²) in [4.78, 5) is 16.4. The van der Waals surface area contributed by atoms with E-state index in [0.717, 1.165) is 16.6 Å². The fourth-order valence-corrected chi connectivity index (χ4v) is 3.26. The Hall–Kier alpha value is -3.79. The van der Waals surface area contributed by atoms with Crippen molar-refractivity contribution >= 4 is 44.0 Å². The summed E-state index contributed by atoms with van der Waals surface area (Å²) in [7, 11) is 0. The van der Waals surface area contributed by atoms with Crippen LogP contribution in [0, 0.1) is 0 Å². The molecule has 4 nitrogen and oxygen atoms in total. The summed E-state index contributed by atoms with van der Waals surface area (Å²) < 4.78 is 0. The number of para-hydroxylation sites is 4. The fraction of sp³-hybridized carbons (Fsp3) is 0. The zero-order valence-corrected chi connectivity index (χ0v) is 14.5. The normalized spacial score (nSPS) is 11.0. The van der Waals surface area contributed by atoms with Crippen LogP contribution in [0.25, 0.3) is 44.0 Å². The Labute approximate surface area is 155 Å². The lowest BCUT2D eigenvalue weighted by Crippen LogP contribution is -1.88. The maximum Gasteiger partial charge on any atom is 0.178 e. The van der Waals surface area contributed by atoms with Crippen LogP contribution >= 0.6 is 0 Å². The van der Waals surface area contributed by atoms with Gasteiger partial charge < -0.3 is 4.98 Å². The average Bonchev–Trinajstić information content (AvgIpc) is 3.11. The summed E-state index contributed by atoms with van der Waals surface area (Å²) in [6, 6.07) is 28.3. The predicted octanol–water partition coefficient (Wildman–Crippen LogP) is 5.50. The van der Waals surface area contributed by atoms with E-state index in [0.29, 0.717) is 5.65 Å². The Bertz CT molecular complexity index is 1230. The first-order valence-corrected chi connectivity index (χ1v) is 8.81. The lowest BCUT2D eigenvalue weighted by molar-refractivity contribution is 1.28.